The Morgan fingerprint density at radius 1 is 1.47 bits per heavy atom. The molecule has 1 atom stereocenters. The van der Waals surface area contributed by atoms with E-state index < -0.39 is 0 Å². The molecule has 0 aliphatic heterocycles. The molecule has 2 N–H and O–H groups in total. The number of rotatable bonds is 3. The van der Waals surface area contributed by atoms with E-state index in [-0.39, 0.29) is 6.04 Å². The Morgan fingerprint density at radius 2 is 2.27 bits per heavy atom. The molecule has 2 rings (SSSR count). The van der Waals surface area contributed by atoms with Crippen molar-refractivity contribution in [3.63, 3.8) is 0 Å². The molecule has 0 spiro atoms. The van der Waals surface area contributed by atoms with Crippen LogP contribution < -0.4 is 5.73 Å². The summed E-state index contributed by atoms with van der Waals surface area (Å²) in [5.74, 6) is 0. The lowest BCUT2D eigenvalue weighted by Gasteiger charge is -2.05. The first-order valence-electron chi connectivity index (χ1n) is 4.73. The van der Waals surface area contributed by atoms with Crippen LogP contribution in [0.1, 0.15) is 27.3 Å². The van der Waals surface area contributed by atoms with Gasteiger partial charge in [-0.1, -0.05) is 0 Å². The Kier molecular flexibility index (Phi) is 3.14. The highest BCUT2D eigenvalue weighted by molar-refractivity contribution is 7.11. The second kappa shape index (κ2) is 4.38. The molecule has 2 aromatic rings. The summed E-state index contributed by atoms with van der Waals surface area (Å²) in [4.78, 5) is 9.96. The fraction of sp³-hybridized carbons (Fsp3) is 0.400. The van der Waals surface area contributed by atoms with Crippen molar-refractivity contribution in [2.45, 2.75) is 26.3 Å². The maximum absolute atomic E-state index is 6.04. The first-order chi connectivity index (χ1) is 7.16. The first kappa shape index (κ1) is 10.7. The highest BCUT2D eigenvalue weighted by Gasteiger charge is 2.12. The van der Waals surface area contributed by atoms with Crippen molar-refractivity contribution in [1.29, 1.82) is 0 Å². The summed E-state index contributed by atoms with van der Waals surface area (Å²) in [6.07, 6.45) is 0.781. The molecule has 1 unspecified atom stereocenters. The molecule has 15 heavy (non-hydrogen) atoms. The van der Waals surface area contributed by atoms with E-state index in [9.17, 15) is 0 Å². The third-order valence-corrected chi connectivity index (χ3v) is 4.00. The molecule has 0 bridgehead atoms. The van der Waals surface area contributed by atoms with Crippen molar-refractivity contribution in [3.8, 4) is 0 Å². The minimum atomic E-state index is -0.0267. The molecular weight excluding hydrogens is 226 g/mol. The largest absolute Gasteiger partial charge is 0.322 e. The Labute approximate surface area is 97.0 Å². The molecule has 0 aliphatic rings. The summed E-state index contributed by atoms with van der Waals surface area (Å²) in [6.45, 7) is 4.12. The van der Waals surface area contributed by atoms with Crippen molar-refractivity contribution >= 4 is 22.7 Å². The Balaban J connectivity index is 2.09. The van der Waals surface area contributed by atoms with Crippen LogP contribution in [0.5, 0.6) is 0 Å². The second-order valence-corrected chi connectivity index (χ2v) is 5.48. The van der Waals surface area contributed by atoms with Crippen LogP contribution >= 0.6 is 22.7 Å². The zero-order chi connectivity index (χ0) is 10.8. The molecule has 0 fully saturated rings. The van der Waals surface area contributed by atoms with Gasteiger partial charge in [0.25, 0.3) is 0 Å². The fourth-order valence-corrected chi connectivity index (χ4v) is 2.93. The van der Waals surface area contributed by atoms with Gasteiger partial charge in [0.1, 0.15) is 0 Å². The first-order valence-corrected chi connectivity index (χ1v) is 6.49. The molecule has 0 amide bonds. The van der Waals surface area contributed by atoms with Gasteiger partial charge in [-0.25, -0.2) is 9.97 Å². The fourth-order valence-electron chi connectivity index (χ4n) is 1.32. The normalized spacial score (nSPS) is 13.0. The van der Waals surface area contributed by atoms with Gasteiger partial charge < -0.3 is 5.73 Å². The lowest BCUT2D eigenvalue weighted by molar-refractivity contribution is 0.697. The van der Waals surface area contributed by atoms with Gasteiger partial charge >= 0.3 is 0 Å². The van der Waals surface area contributed by atoms with Crippen LogP contribution in [-0.2, 0) is 6.42 Å². The summed E-state index contributed by atoms with van der Waals surface area (Å²) in [5.41, 5.74) is 9.93. The van der Waals surface area contributed by atoms with Crippen LogP contribution in [0.15, 0.2) is 10.9 Å². The van der Waals surface area contributed by atoms with Crippen LogP contribution in [0.4, 0.5) is 0 Å². The van der Waals surface area contributed by atoms with Gasteiger partial charge in [-0.3, -0.25) is 0 Å². The lowest BCUT2D eigenvalue weighted by Crippen LogP contribution is -2.13. The Hall–Kier alpha value is -0.780. The second-order valence-electron chi connectivity index (χ2n) is 3.47. The third kappa shape index (κ3) is 2.42. The monoisotopic (exact) mass is 239 g/mol. The highest BCUT2D eigenvalue weighted by atomic mass is 32.1. The van der Waals surface area contributed by atoms with Crippen LogP contribution in [0.25, 0.3) is 0 Å². The molecule has 0 aliphatic carbocycles. The zero-order valence-corrected chi connectivity index (χ0v) is 10.4. The van der Waals surface area contributed by atoms with Crippen LogP contribution in [0.2, 0.25) is 0 Å². The molecule has 5 heteroatoms. The average molecular weight is 239 g/mol. The van der Waals surface area contributed by atoms with Crippen LogP contribution in [0.3, 0.4) is 0 Å². The maximum atomic E-state index is 6.04. The van der Waals surface area contributed by atoms with Crippen molar-refractivity contribution in [2.75, 3.05) is 0 Å². The summed E-state index contributed by atoms with van der Waals surface area (Å²) < 4.78 is 0. The lowest BCUT2D eigenvalue weighted by atomic mass is 10.2. The van der Waals surface area contributed by atoms with E-state index in [1.165, 1.54) is 4.88 Å². The molecule has 0 saturated heterocycles. The molecule has 0 saturated carbocycles. The van der Waals surface area contributed by atoms with E-state index >= 15 is 0 Å². The van der Waals surface area contributed by atoms with Crippen molar-refractivity contribution in [2.24, 2.45) is 5.73 Å². The molecule has 0 aromatic carbocycles. The highest BCUT2D eigenvalue weighted by Crippen LogP contribution is 2.21. The summed E-state index contributed by atoms with van der Waals surface area (Å²) >= 11 is 3.30. The predicted octanol–water partition coefficient (Wildman–Crippen LogP) is 2.46. The average Bonchev–Trinajstić information content (AvgIpc) is 2.77. The topological polar surface area (TPSA) is 51.8 Å². The smallest absolute Gasteiger partial charge is 0.0950 e. The molecular formula is C10H13N3S2. The van der Waals surface area contributed by atoms with Gasteiger partial charge in [-0.15, -0.1) is 22.7 Å². The SMILES string of the molecule is Cc1nc(CC(N)c2cscn2)sc1C. The minimum Gasteiger partial charge on any atom is -0.322 e. The zero-order valence-electron chi connectivity index (χ0n) is 8.73. The van der Waals surface area contributed by atoms with E-state index in [0.717, 1.165) is 22.8 Å². The molecule has 2 heterocycles. The summed E-state index contributed by atoms with van der Waals surface area (Å²) in [5, 5.41) is 3.10. The molecule has 0 radical (unpaired) electrons. The molecule has 3 nitrogen and oxygen atoms in total. The number of aromatic nitrogens is 2. The van der Waals surface area contributed by atoms with Crippen molar-refractivity contribution < 1.29 is 0 Å². The van der Waals surface area contributed by atoms with Crippen LogP contribution in [-0.4, -0.2) is 9.97 Å². The third-order valence-electron chi connectivity index (χ3n) is 2.30. The number of aryl methyl sites for hydroxylation is 2. The van der Waals surface area contributed by atoms with Gasteiger partial charge in [-0.05, 0) is 13.8 Å². The number of nitrogens with zero attached hydrogens (tertiary/aromatic N) is 2. The maximum Gasteiger partial charge on any atom is 0.0950 e. The number of hydrogen-bond acceptors (Lipinski definition) is 5. The van der Waals surface area contributed by atoms with E-state index in [1.807, 2.05) is 17.8 Å². The Bertz CT molecular complexity index is 414. The van der Waals surface area contributed by atoms with E-state index in [4.69, 9.17) is 5.73 Å². The number of hydrogen-bond donors (Lipinski definition) is 1. The van der Waals surface area contributed by atoms with Crippen LogP contribution in [0, 0.1) is 13.8 Å². The minimum absolute atomic E-state index is 0.0267. The van der Waals surface area contributed by atoms with E-state index in [2.05, 4.69) is 16.9 Å². The predicted molar refractivity (Wildman–Crippen MR) is 64.3 cm³/mol. The number of nitrogens with two attached hydrogens (primary N) is 1. The quantitative estimate of drug-likeness (QED) is 0.895. The summed E-state index contributed by atoms with van der Waals surface area (Å²) in [7, 11) is 0. The van der Waals surface area contributed by atoms with Crippen molar-refractivity contribution in [1.82, 2.24) is 9.97 Å². The summed E-state index contributed by atoms with van der Waals surface area (Å²) in [6, 6.07) is -0.0267. The van der Waals surface area contributed by atoms with Gasteiger partial charge in [0.2, 0.25) is 0 Å². The standard InChI is InChI=1S/C10H13N3S2/c1-6-7(2)15-10(13-6)3-8(11)9-4-14-5-12-9/h4-5,8H,3,11H2,1-2H3. The number of thiazole rings is 2. The molecule has 2 aromatic heterocycles. The Morgan fingerprint density at radius 3 is 2.80 bits per heavy atom. The van der Waals surface area contributed by atoms with Gasteiger partial charge in [-0.2, -0.15) is 0 Å². The van der Waals surface area contributed by atoms with Gasteiger partial charge in [0.15, 0.2) is 0 Å². The van der Waals surface area contributed by atoms with Crippen molar-refractivity contribution in [3.05, 3.63) is 32.2 Å². The molecule has 80 valence electrons. The van der Waals surface area contributed by atoms with Gasteiger partial charge in [0, 0.05) is 16.7 Å². The van der Waals surface area contributed by atoms with Gasteiger partial charge in [0.05, 0.1) is 27.9 Å². The van der Waals surface area contributed by atoms with E-state index in [0.29, 0.717) is 0 Å². The van der Waals surface area contributed by atoms with E-state index in [1.54, 1.807) is 22.7 Å².